The number of phenols is 1. The number of carbonyl (C=O) groups is 4. The lowest BCUT2D eigenvalue weighted by molar-refractivity contribution is -0.141. The van der Waals surface area contributed by atoms with Crippen LogP contribution in [0.2, 0.25) is 0 Å². The minimum atomic E-state index is -1.28. The molecule has 0 bridgehead atoms. The van der Waals surface area contributed by atoms with Crippen LogP contribution >= 0.6 is 0 Å². The molecule has 5 atom stereocenters. The number of aliphatic hydroxyl groups is 1. The summed E-state index contributed by atoms with van der Waals surface area (Å²) in [6.45, 7) is 3.01. The Bertz CT molecular complexity index is 831. The van der Waals surface area contributed by atoms with Crippen LogP contribution in [0.5, 0.6) is 5.75 Å². The van der Waals surface area contributed by atoms with Gasteiger partial charge in [-0.1, -0.05) is 12.1 Å². The summed E-state index contributed by atoms with van der Waals surface area (Å²) < 4.78 is 0. The molecule has 0 aromatic heterocycles. The van der Waals surface area contributed by atoms with E-state index >= 15 is 0 Å². The van der Waals surface area contributed by atoms with Gasteiger partial charge in [0.1, 0.15) is 29.9 Å². The van der Waals surface area contributed by atoms with Gasteiger partial charge in [-0.15, -0.1) is 0 Å². The summed E-state index contributed by atoms with van der Waals surface area (Å²) in [4.78, 5) is 49.3. The largest absolute Gasteiger partial charge is 0.508 e. The Kier molecular flexibility index (Phi) is 12.0. The van der Waals surface area contributed by atoms with Crippen molar-refractivity contribution in [2.75, 3.05) is 6.54 Å². The standard InChI is InChI=1S/C22H35N5O7/c1-12(22(33)34)25-19(30)16(5-3-4-10-23)26-20(31)17(27-21(32)18(24)13(2)28)11-14-6-8-15(29)9-7-14/h6-9,12-13,16-18,28-29H,3-5,10-11,23-24H2,1-2H3,(H,25,30)(H,26,31)(H,27,32)(H,33,34). The molecule has 10 N–H and O–H groups in total. The highest BCUT2D eigenvalue weighted by Gasteiger charge is 2.30. The fourth-order valence-electron chi connectivity index (χ4n) is 2.97. The third kappa shape index (κ3) is 9.73. The SMILES string of the molecule is CC(NC(=O)C(CCCCN)NC(=O)C(Cc1ccc(O)cc1)NC(=O)C(N)C(C)O)C(=O)O. The molecule has 0 saturated heterocycles. The Morgan fingerprint density at radius 2 is 1.47 bits per heavy atom. The van der Waals surface area contributed by atoms with E-state index in [1.807, 2.05) is 0 Å². The van der Waals surface area contributed by atoms with Crippen LogP contribution in [0.1, 0.15) is 38.7 Å². The highest BCUT2D eigenvalue weighted by molar-refractivity contribution is 5.94. The van der Waals surface area contributed by atoms with Crippen molar-refractivity contribution in [2.24, 2.45) is 11.5 Å². The molecule has 34 heavy (non-hydrogen) atoms. The number of nitrogens with two attached hydrogens (primary N) is 2. The van der Waals surface area contributed by atoms with Crippen molar-refractivity contribution in [3.8, 4) is 5.75 Å². The second-order valence-electron chi connectivity index (χ2n) is 8.11. The lowest BCUT2D eigenvalue weighted by Gasteiger charge is -2.25. The Balaban J connectivity index is 3.08. The van der Waals surface area contributed by atoms with Gasteiger partial charge in [0.15, 0.2) is 0 Å². The van der Waals surface area contributed by atoms with Crippen molar-refractivity contribution in [3.63, 3.8) is 0 Å². The zero-order valence-corrected chi connectivity index (χ0v) is 19.4. The fraction of sp³-hybridized carbons (Fsp3) is 0.545. The zero-order chi connectivity index (χ0) is 25.8. The van der Waals surface area contributed by atoms with Crippen LogP contribution in [0.25, 0.3) is 0 Å². The summed E-state index contributed by atoms with van der Waals surface area (Å²) in [5, 5.41) is 35.5. The molecule has 0 aliphatic carbocycles. The molecule has 0 heterocycles. The Morgan fingerprint density at radius 1 is 0.912 bits per heavy atom. The number of amides is 3. The molecule has 12 heteroatoms. The molecule has 3 amide bonds. The number of benzene rings is 1. The Hall–Kier alpha value is -3.22. The summed E-state index contributed by atoms with van der Waals surface area (Å²) in [6.07, 6.45) is 0.134. The van der Waals surface area contributed by atoms with Crippen LogP contribution in [0.15, 0.2) is 24.3 Å². The number of carboxylic acids is 1. The molecular weight excluding hydrogens is 446 g/mol. The molecule has 190 valence electrons. The van der Waals surface area contributed by atoms with Crippen molar-refractivity contribution >= 4 is 23.7 Å². The van der Waals surface area contributed by atoms with E-state index in [1.165, 1.54) is 26.0 Å². The maximum absolute atomic E-state index is 13.1. The number of hydrogen-bond acceptors (Lipinski definition) is 8. The molecule has 0 saturated carbocycles. The topological polar surface area (TPSA) is 217 Å². The van der Waals surface area contributed by atoms with Crippen LogP contribution in [0, 0.1) is 0 Å². The number of carboxylic acid groups (broad SMARTS) is 1. The molecule has 1 aromatic carbocycles. The average molecular weight is 482 g/mol. The highest BCUT2D eigenvalue weighted by atomic mass is 16.4. The van der Waals surface area contributed by atoms with Gasteiger partial charge in [-0.2, -0.15) is 0 Å². The maximum Gasteiger partial charge on any atom is 0.325 e. The first-order valence-electron chi connectivity index (χ1n) is 11.0. The third-order valence-electron chi connectivity index (χ3n) is 5.14. The number of nitrogens with one attached hydrogen (secondary N) is 3. The van der Waals surface area contributed by atoms with E-state index in [0.29, 0.717) is 24.9 Å². The number of aromatic hydroxyl groups is 1. The number of unbranched alkanes of at least 4 members (excludes halogenated alkanes) is 1. The minimum Gasteiger partial charge on any atom is -0.508 e. The van der Waals surface area contributed by atoms with E-state index in [1.54, 1.807) is 12.1 Å². The molecule has 5 unspecified atom stereocenters. The summed E-state index contributed by atoms with van der Waals surface area (Å²) in [6, 6.07) is 1.29. The number of aliphatic hydroxyl groups excluding tert-OH is 1. The van der Waals surface area contributed by atoms with Crippen LogP contribution in [0.4, 0.5) is 0 Å². The lowest BCUT2D eigenvalue weighted by atomic mass is 10.0. The van der Waals surface area contributed by atoms with Crippen LogP contribution in [0.3, 0.4) is 0 Å². The normalized spacial score (nSPS) is 15.3. The maximum atomic E-state index is 13.1. The van der Waals surface area contributed by atoms with E-state index in [-0.39, 0.29) is 18.6 Å². The number of aliphatic carboxylic acids is 1. The van der Waals surface area contributed by atoms with Gasteiger partial charge >= 0.3 is 5.97 Å². The summed E-state index contributed by atoms with van der Waals surface area (Å²) in [5.74, 6) is -3.36. The molecule has 1 aromatic rings. The molecule has 0 spiro atoms. The molecule has 0 aliphatic rings. The van der Waals surface area contributed by atoms with E-state index in [9.17, 15) is 29.4 Å². The monoisotopic (exact) mass is 481 g/mol. The van der Waals surface area contributed by atoms with Gasteiger partial charge in [-0.3, -0.25) is 19.2 Å². The smallest absolute Gasteiger partial charge is 0.325 e. The first-order valence-corrected chi connectivity index (χ1v) is 11.0. The van der Waals surface area contributed by atoms with Gasteiger partial charge in [0, 0.05) is 6.42 Å². The lowest BCUT2D eigenvalue weighted by Crippen LogP contribution is -2.58. The van der Waals surface area contributed by atoms with Gasteiger partial charge < -0.3 is 42.7 Å². The predicted molar refractivity (Wildman–Crippen MR) is 123 cm³/mol. The van der Waals surface area contributed by atoms with Crippen molar-refractivity contribution in [2.45, 2.75) is 69.8 Å². The third-order valence-corrected chi connectivity index (χ3v) is 5.14. The van der Waals surface area contributed by atoms with Crippen LogP contribution < -0.4 is 27.4 Å². The quantitative estimate of drug-likeness (QED) is 0.142. The minimum absolute atomic E-state index is 0.00699. The van der Waals surface area contributed by atoms with E-state index < -0.39 is 54.0 Å². The van der Waals surface area contributed by atoms with Crippen molar-refractivity contribution in [1.82, 2.24) is 16.0 Å². The summed E-state index contributed by atoms with van der Waals surface area (Å²) in [7, 11) is 0. The van der Waals surface area contributed by atoms with Crippen molar-refractivity contribution in [3.05, 3.63) is 29.8 Å². The first kappa shape index (κ1) is 28.8. The summed E-state index contributed by atoms with van der Waals surface area (Å²) >= 11 is 0. The zero-order valence-electron chi connectivity index (χ0n) is 19.4. The van der Waals surface area contributed by atoms with Gasteiger partial charge in [0.05, 0.1) is 6.10 Å². The van der Waals surface area contributed by atoms with E-state index in [0.717, 1.165) is 0 Å². The van der Waals surface area contributed by atoms with Crippen LogP contribution in [-0.4, -0.2) is 75.8 Å². The van der Waals surface area contributed by atoms with Gasteiger partial charge in [0.25, 0.3) is 0 Å². The van der Waals surface area contributed by atoms with Crippen molar-refractivity contribution < 1.29 is 34.5 Å². The molecule has 0 fully saturated rings. The van der Waals surface area contributed by atoms with Gasteiger partial charge in [-0.05, 0) is 57.4 Å². The van der Waals surface area contributed by atoms with Crippen molar-refractivity contribution in [1.29, 1.82) is 0 Å². The van der Waals surface area contributed by atoms with Gasteiger partial charge in [-0.25, -0.2) is 0 Å². The van der Waals surface area contributed by atoms with Gasteiger partial charge in [0.2, 0.25) is 17.7 Å². The molecule has 0 aliphatic heterocycles. The number of hydrogen-bond donors (Lipinski definition) is 8. The number of phenolic OH excluding ortho intramolecular Hbond substituents is 1. The first-order chi connectivity index (χ1) is 16.0. The number of carbonyl (C=O) groups excluding carboxylic acids is 3. The Labute approximate surface area is 198 Å². The number of rotatable bonds is 14. The van der Waals surface area contributed by atoms with Crippen LogP contribution in [-0.2, 0) is 25.6 Å². The molecule has 1 rings (SSSR count). The molecular formula is C22H35N5O7. The Morgan fingerprint density at radius 3 is 2.00 bits per heavy atom. The molecule has 0 radical (unpaired) electrons. The second kappa shape index (κ2) is 14.1. The summed E-state index contributed by atoms with van der Waals surface area (Å²) in [5.41, 5.74) is 11.8. The second-order valence-corrected chi connectivity index (χ2v) is 8.11. The van der Waals surface area contributed by atoms with E-state index in [2.05, 4.69) is 16.0 Å². The predicted octanol–water partition coefficient (Wildman–Crippen LogP) is -1.67. The molecule has 12 nitrogen and oxygen atoms in total. The van der Waals surface area contributed by atoms with E-state index in [4.69, 9.17) is 16.6 Å². The highest BCUT2D eigenvalue weighted by Crippen LogP contribution is 2.12. The average Bonchev–Trinajstić information content (AvgIpc) is 2.78. The fourth-order valence-corrected chi connectivity index (χ4v) is 2.97.